The fourth-order valence-electron chi connectivity index (χ4n) is 1.40. The number of nitrogens with zero attached hydrogens (tertiary/aromatic N) is 2. The maximum Gasteiger partial charge on any atom is 0.358 e. The molecule has 0 radical (unpaired) electrons. The molecule has 0 aliphatic rings. The molecule has 0 aliphatic carbocycles. The third-order valence-electron chi connectivity index (χ3n) is 2.16. The monoisotopic (exact) mass is 237 g/mol. The molecule has 0 aliphatic heterocycles. The number of carboxylic acids is 1. The van der Waals surface area contributed by atoms with Crippen LogP contribution >= 0.6 is 11.3 Å². The van der Waals surface area contributed by atoms with Gasteiger partial charge in [-0.25, -0.2) is 4.79 Å². The number of carbonyl (C=O) groups is 1. The molecular weight excluding hydrogens is 226 g/mol. The van der Waals surface area contributed by atoms with Gasteiger partial charge < -0.3 is 10.8 Å². The van der Waals surface area contributed by atoms with Crippen LogP contribution < -0.4 is 5.73 Å². The smallest absolute Gasteiger partial charge is 0.358 e. The molecule has 16 heavy (non-hydrogen) atoms. The lowest BCUT2D eigenvalue weighted by atomic mass is 10.3. The Bertz CT molecular complexity index is 490. The Morgan fingerprint density at radius 2 is 2.44 bits per heavy atom. The van der Waals surface area contributed by atoms with Gasteiger partial charge in [-0.1, -0.05) is 6.07 Å². The summed E-state index contributed by atoms with van der Waals surface area (Å²) < 4.78 is 1.57. The summed E-state index contributed by atoms with van der Waals surface area (Å²) in [6, 6.07) is 4.02. The van der Waals surface area contributed by atoms with Crippen molar-refractivity contribution in [2.45, 2.75) is 13.0 Å². The van der Waals surface area contributed by atoms with Crippen LogP contribution in [-0.4, -0.2) is 20.9 Å². The predicted molar refractivity (Wildman–Crippen MR) is 61.6 cm³/mol. The molecule has 84 valence electrons. The molecule has 5 nitrogen and oxygen atoms in total. The number of anilines is 1. The van der Waals surface area contributed by atoms with Crippen LogP contribution in [0.15, 0.2) is 23.7 Å². The summed E-state index contributed by atoms with van der Waals surface area (Å²) in [5.41, 5.74) is 5.66. The van der Waals surface area contributed by atoms with Gasteiger partial charge in [0.25, 0.3) is 0 Å². The first-order valence-corrected chi connectivity index (χ1v) is 5.63. The van der Waals surface area contributed by atoms with E-state index in [1.54, 1.807) is 22.2 Å². The highest BCUT2D eigenvalue weighted by atomic mass is 32.1. The van der Waals surface area contributed by atoms with E-state index < -0.39 is 5.97 Å². The van der Waals surface area contributed by atoms with Crippen LogP contribution in [0.5, 0.6) is 0 Å². The van der Waals surface area contributed by atoms with Gasteiger partial charge in [0.2, 0.25) is 0 Å². The SMILES string of the molecule is Nc1cn(CCc2cccs2)nc1C(=O)O. The largest absolute Gasteiger partial charge is 0.476 e. The molecule has 2 heterocycles. The zero-order valence-corrected chi connectivity index (χ0v) is 9.28. The topological polar surface area (TPSA) is 81.1 Å². The minimum atomic E-state index is -1.09. The number of hydrogen-bond donors (Lipinski definition) is 2. The third-order valence-corrected chi connectivity index (χ3v) is 3.10. The number of thiophene rings is 1. The lowest BCUT2D eigenvalue weighted by molar-refractivity contribution is 0.0690. The quantitative estimate of drug-likeness (QED) is 0.843. The van der Waals surface area contributed by atoms with Crippen LogP contribution in [0.25, 0.3) is 0 Å². The molecule has 3 N–H and O–H groups in total. The molecule has 0 saturated carbocycles. The maximum atomic E-state index is 10.7. The second-order valence-electron chi connectivity index (χ2n) is 3.33. The highest BCUT2D eigenvalue weighted by molar-refractivity contribution is 7.09. The lowest BCUT2D eigenvalue weighted by Gasteiger charge is -1.98. The van der Waals surface area contributed by atoms with E-state index in [1.807, 2.05) is 17.5 Å². The minimum Gasteiger partial charge on any atom is -0.476 e. The minimum absolute atomic E-state index is 0.0776. The normalized spacial score (nSPS) is 10.5. The van der Waals surface area contributed by atoms with Crippen LogP contribution in [0.4, 0.5) is 5.69 Å². The average Bonchev–Trinajstić information content (AvgIpc) is 2.83. The number of nitrogen functional groups attached to an aromatic ring is 1. The van der Waals surface area contributed by atoms with E-state index in [4.69, 9.17) is 10.8 Å². The van der Waals surface area contributed by atoms with Crippen molar-refractivity contribution in [1.82, 2.24) is 9.78 Å². The first-order valence-electron chi connectivity index (χ1n) is 4.75. The fourth-order valence-corrected chi connectivity index (χ4v) is 2.10. The highest BCUT2D eigenvalue weighted by Gasteiger charge is 2.12. The number of aromatic nitrogens is 2. The summed E-state index contributed by atoms with van der Waals surface area (Å²) >= 11 is 1.67. The van der Waals surface area contributed by atoms with Crippen LogP contribution in [0.3, 0.4) is 0 Å². The molecule has 0 spiro atoms. The van der Waals surface area contributed by atoms with Gasteiger partial charge in [0.15, 0.2) is 5.69 Å². The van der Waals surface area contributed by atoms with Gasteiger partial charge in [-0.05, 0) is 11.4 Å². The standard InChI is InChI=1S/C10H11N3O2S/c11-8-6-13(12-9(8)10(14)15)4-3-7-2-1-5-16-7/h1-2,5-6H,3-4,11H2,(H,14,15). The lowest BCUT2D eigenvalue weighted by Crippen LogP contribution is -2.04. The zero-order valence-electron chi connectivity index (χ0n) is 8.46. The van der Waals surface area contributed by atoms with Crippen molar-refractivity contribution in [3.63, 3.8) is 0 Å². The van der Waals surface area contributed by atoms with Crippen LogP contribution in [0.1, 0.15) is 15.4 Å². The molecule has 0 amide bonds. The number of hydrogen-bond acceptors (Lipinski definition) is 4. The molecule has 0 fully saturated rings. The number of aryl methyl sites for hydroxylation is 2. The summed E-state index contributed by atoms with van der Waals surface area (Å²) in [5, 5.41) is 14.7. The van der Waals surface area contributed by atoms with Crippen molar-refractivity contribution < 1.29 is 9.90 Å². The first kappa shape index (κ1) is 10.7. The Labute approximate surface area is 96.1 Å². The van der Waals surface area contributed by atoms with Gasteiger partial charge in [0.05, 0.1) is 5.69 Å². The Morgan fingerprint density at radius 1 is 1.62 bits per heavy atom. The van der Waals surface area contributed by atoms with Gasteiger partial charge in [-0.2, -0.15) is 5.10 Å². The molecule has 0 atom stereocenters. The Morgan fingerprint density at radius 3 is 3.00 bits per heavy atom. The van der Waals surface area contributed by atoms with Crippen molar-refractivity contribution in [2.24, 2.45) is 0 Å². The van der Waals surface area contributed by atoms with Crippen LogP contribution in [0.2, 0.25) is 0 Å². The van der Waals surface area contributed by atoms with Crippen molar-refractivity contribution >= 4 is 23.0 Å². The maximum absolute atomic E-state index is 10.7. The second-order valence-corrected chi connectivity index (χ2v) is 4.36. The highest BCUT2D eigenvalue weighted by Crippen LogP contribution is 2.12. The molecule has 2 rings (SSSR count). The van der Waals surface area contributed by atoms with Gasteiger partial charge in [-0.15, -0.1) is 11.3 Å². The van der Waals surface area contributed by atoms with Crippen molar-refractivity contribution in [1.29, 1.82) is 0 Å². The van der Waals surface area contributed by atoms with Gasteiger partial charge in [0.1, 0.15) is 0 Å². The molecular formula is C10H11N3O2S. The van der Waals surface area contributed by atoms with Crippen molar-refractivity contribution in [3.8, 4) is 0 Å². The predicted octanol–water partition coefficient (Wildman–Crippen LogP) is 1.47. The molecule has 0 aromatic carbocycles. The molecule has 6 heteroatoms. The molecule has 2 aromatic rings. The van der Waals surface area contributed by atoms with E-state index in [2.05, 4.69) is 5.10 Å². The van der Waals surface area contributed by atoms with Gasteiger partial charge in [-0.3, -0.25) is 4.68 Å². The number of nitrogens with two attached hydrogens (primary N) is 1. The average molecular weight is 237 g/mol. The van der Waals surface area contributed by atoms with E-state index in [0.717, 1.165) is 6.42 Å². The van der Waals surface area contributed by atoms with E-state index >= 15 is 0 Å². The molecule has 2 aromatic heterocycles. The summed E-state index contributed by atoms with van der Waals surface area (Å²) in [7, 11) is 0. The zero-order chi connectivity index (χ0) is 11.5. The molecule has 0 unspecified atom stereocenters. The number of rotatable bonds is 4. The van der Waals surface area contributed by atoms with Crippen LogP contribution in [-0.2, 0) is 13.0 Å². The Balaban J connectivity index is 2.05. The number of aromatic carboxylic acids is 1. The van der Waals surface area contributed by atoms with Gasteiger partial charge >= 0.3 is 5.97 Å². The number of carboxylic acid groups (broad SMARTS) is 1. The Kier molecular flexibility index (Phi) is 2.91. The van der Waals surface area contributed by atoms with Crippen molar-refractivity contribution in [2.75, 3.05) is 5.73 Å². The van der Waals surface area contributed by atoms with E-state index in [1.165, 1.54) is 4.88 Å². The van der Waals surface area contributed by atoms with Gasteiger partial charge in [0, 0.05) is 24.0 Å². The van der Waals surface area contributed by atoms with Crippen LogP contribution in [0, 0.1) is 0 Å². The first-order chi connectivity index (χ1) is 7.66. The second kappa shape index (κ2) is 4.36. The summed E-state index contributed by atoms with van der Waals surface area (Å²) in [4.78, 5) is 12.0. The summed E-state index contributed by atoms with van der Waals surface area (Å²) in [6.45, 7) is 0.637. The molecule has 0 saturated heterocycles. The van der Waals surface area contributed by atoms with E-state index in [-0.39, 0.29) is 11.4 Å². The van der Waals surface area contributed by atoms with E-state index in [0.29, 0.717) is 6.54 Å². The third kappa shape index (κ3) is 2.22. The Hall–Kier alpha value is -1.82. The van der Waals surface area contributed by atoms with Crippen molar-refractivity contribution in [3.05, 3.63) is 34.3 Å². The fraction of sp³-hybridized carbons (Fsp3) is 0.200. The molecule has 0 bridgehead atoms. The summed E-state index contributed by atoms with van der Waals surface area (Å²) in [6.07, 6.45) is 2.38. The summed E-state index contributed by atoms with van der Waals surface area (Å²) in [5.74, 6) is -1.09. The van der Waals surface area contributed by atoms with E-state index in [9.17, 15) is 4.79 Å².